The van der Waals surface area contributed by atoms with Crippen molar-refractivity contribution in [2.75, 3.05) is 12.8 Å². The van der Waals surface area contributed by atoms with Crippen molar-refractivity contribution in [1.29, 1.82) is 0 Å². The minimum absolute atomic E-state index is 0.351. The minimum Gasteiger partial charge on any atom is -0.497 e. The number of nitrogens with one attached hydrogen (secondary N) is 1. The van der Waals surface area contributed by atoms with E-state index < -0.39 is 0 Å². The third-order valence-corrected chi connectivity index (χ3v) is 8.35. The number of ether oxygens (including phenoxy) is 1. The van der Waals surface area contributed by atoms with Crippen LogP contribution in [0.15, 0.2) is 71.1 Å². The first-order chi connectivity index (χ1) is 17.6. The number of nitrogens with two attached hydrogens (primary N) is 1. The molecule has 0 saturated heterocycles. The van der Waals surface area contributed by atoms with Gasteiger partial charge in [0.2, 0.25) is 0 Å². The number of benzene rings is 2. The molecule has 2 aromatic carbocycles. The summed E-state index contributed by atoms with van der Waals surface area (Å²) >= 11 is 2.98. The second-order valence-electron chi connectivity index (χ2n) is 8.45. The van der Waals surface area contributed by atoms with E-state index in [1.165, 1.54) is 22.5 Å². The van der Waals surface area contributed by atoms with E-state index in [4.69, 9.17) is 15.5 Å². The molecular weight excluding hydrogens is 488 g/mol. The lowest BCUT2D eigenvalue weighted by atomic mass is 9.85. The van der Waals surface area contributed by atoms with Crippen molar-refractivity contribution in [3.8, 4) is 27.4 Å². The summed E-state index contributed by atoms with van der Waals surface area (Å²) in [5, 5.41) is 7.05. The molecule has 6 nitrogen and oxygen atoms in total. The first-order valence-electron chi connectivity index (χ1n) is 11.5. The summed E-state index contributed by atoms with van der Waals surface area (Å²) in [6.45, 7) is 0. The highest BCUT2D eigenvalue weighted by Gasteiger charge is 2.28. The predicted molar refractivity (Wildman–Crippen MR) is 148 cm³/mol. The average molecular weight is 511 g/mol. The molecule has 8 heteroatoms. The van der Waals surface area contributed by atoms with Crippen LogP contribution in [0.3, 0.4) is 0 Å². The normalized spacial score (nSPS) is 12.5. The highest BCUT2D eigenvalue weighted by atomic mass is 32.1. The van der Waals surface area contributed by atoms with Crippen molar-refractivity contribution < 1.29 is 9.53 Å². The van der Waals surface area contributed by atoms with Gasteiger partial charge in [-0.15, -0.1) is 22.7 Å². The fourth-order valence-electron chi connectivity index (χ4n) is 4.65. The number of carbonyl (C=O) groups excluding carboxylic acids is 1. The smallest absolute Gasteiger partial charge is 0.283 e. The Morgan fingerprint density at radius 3 is 2.72 bits per heavy atom. The van der Waals surface area contributed by atoms with E-state index in [9.17, 15) is 4.79 Å². The van der Waals surface area contributed by atoms with Gasteiger partial charge in [0.25, 0.3) is 5.91 Å². The number of fused-ring (bicyclic) bond motifs is 4. The minimum atomic E-state index is -0.351. The van der Waals surface area contributed by atoms with Crippen LogP contribution in [0.1, 0.15) is 26.4 Å². The third kappa shape index (κ3) is 3.84. The summed E-state index contributed by atoms with van der Waals surface area (Å²) in [5.74, 6) is 0.407. The Balaban J connectivity index is 1.42. The fraction of sp³-hybridized carbons (Fsp3) is 0.107. The number of pyridine rings is 1. The van der Waals surface area contributed by atoms with Crippen LogP contribution in [0.5, 0.6) is 5.75 Å². The van der Waals surface area contributed by atoms with Gasteiger partial charge in [-0.05, 0) is 65.2 Å². The fourth-order valence-corrected chi connectivity index (χ4v) is 6.45. The number of nitrogens with zero attached hydrogens (tertiary/aromatic N) is 2. The molecule has 178 valence electrons. The lowest BCUT2D eigenvalue weighted by Crippen LogP contribution is -2.17. The van der Waals surface area contributed by atoms with E-state index in [0.717, 1.165) is 56.1 Å². The van der Waals surface area contributed by atoms with Gasteiger partial charge in [0.05, 0.1) is 24.7 Å². The van der Waals surface area contributed by atoms with E-state index in [1.54, 1.807) is 24.7 Å². The molecule has 36 heavy (non-hydrogen) atoms. The van der Waals surface area contributed by atoms with Crippen LogP contribution >= 0.6 is 22.7 Å². The molecule has 3 heterocycles. The Morgan fingerprint density at radius 2 is 1.94 bits per heavy atom. The van der Waals surface area contributed by atoms with Gasteiger partial charge in [-0.1, -0.05) is 30.3 Å². The second kappa shape index (κ2) is 9.22. The Bertz CT molecular complexity index is 1620. The summed E-state index contributed by atoms with van der Waals surface area (Å²) in [4.78, 5) is 20.5. The third-order valence-electron chi connectivity index (χ3n) is 6.36. The summed E-state index contributed by atoms with van der Waals surface area (Å²) in [5.41, 5.74) is 16.3. The van der Waals surface area contributed by atoms with E-state index in [0.29, 0.717) is 10.6 Å². The van der Waals surface area contributed by atoms with Gasteiger partial charge < -0.3 is 10.5 Å². The molecule has 3 N–H and O–H groups in total. The van der Waals surface area contributed by atoms with Crippen LogP contribution in [0.4, 0.5) is 5.69 Å². The van der Waals surface area contributed by atoms with E-state index in [-0.39, 0.29) is 5.91 Å². The molecule has 0 fully saturated rings. The topological polar surface area (TPSA) is 89.6 Å². The molecule has 0 radical (unpaired) electrons. The van der Waals surface area contributed by atoms with Crippen LogP contribution in [0.2, 0.25) is 0 Å². The number of nitrogen functional groups attached to an aromatic ring is 1. The summed E-state index contributed by atoms with van der Waals surface area (Å²) < 4.78 is 5.17. The van der Waals surface area contributed by atoms with Crippen LogP contribution in [0, 0.1) is 0 Å². The number of hydrazone groups is 1. The van der Waals surface area contributed by atoms with E-state index >= 15 is 0 Å². The molecule has 1 amide bonds. The number of amides is 1. The molecule has 1 aliphatic rings. The molecule has 3 aromatic heterocycles. The molecular formula is C28H22N4O2S2. The zero-order valence-electron chi connectivity index (χ0n) is 19.4. The maximum absolute atomic E-state index is 13.1. The zero-order valence-corrected chi connectivity index (χ0v) is 21.1. The first-order valence-corrected chi connectivity index (χ1v) is 13.2. The standard InChI is InChI=1S/C28H22N4O2S2/c1-34-18-11-8-16(9-12-18)15-30-32-27(33)26-24(29)23-22(21-7-4-14-35-21)20-13-10-17-5-2-3-6-19(17)25(20)31-28(23)36-26/h2-9,11-12,14-15H,10,13,29H2,1H3,(H,32,33)/b30-15+. The van der Waals surface area contributed by atoms with Crippen LogP contribution in [-0.4, -0.2) is 24.2 Å². The average Bonchev–Trinajstić information content (AvgIpc) is 3.56. The molecule has 0 spiro atoms. The number of thiophene rings is 2. The number of aryl methyl sites for hydroxylation is 1. The lowest BCUT2D eigenvalue weighted by Gasteiger charge is -2.22. The number of hydrogen-bond acceptors (Lipinski definition) is 7. The van der Waals surface area contributed by atoms with Gasteiger partial charge in [0.1, 0.15) is 15.5 Å². The highest BCUT2D eigenvalue weighted by Crippen LogP contribution is 2.47. The first kappa shape index (κ1) is 22.5. The second-order valence-corrected chi connectivity index (χ2v) is 10.4. The molecule has 0 aliphatic heterocycles. The van der Waals surface area contributed by atoms with Crippen LogP contribution in [0.25, 0.3) is 31.9 Å². The maximum atomic E-state index is 13.1. The largest absolute Gasteiger partial charge is 0.497 e. The van der Waals surface area contributed by atoms with Crippen molar-refractivity contribution in [2.45, 2.75) is 12.8 Å². The molecule has 0 bridgehead atoms. The Hall–Kier alpha value is -4.01. The Morgan fingerprint density at radius 1 is 1.11 bits per heavy atom. The van der Waals surface area contributed by atoms with Crippen molar-refractivity contribution in [2.24, 2.45) is 5.10 Å². The van der Waals surface area contributed by atoms with Crippen LogP contribution < -0.4 is 15.9 Å². The molecule has 0 saturated carbocycles. The van der Waals surface area contributed by atoms with Gasteiger partial charge in [-0.2, -0.15) is 5.10 Å². The van der Waals surface area contributed by atoms with Crippen LogP contribution in [-0.2, 0) is 12.8 Å². The van der Waals surface area contributed by atoms with Crippen molar-refractivity contribution in [3.05, 3.63) is 87.6 Å². The number of aromatic nitrogens is 1. The summed E-state index contributed by atoms with van der Waals surface area (Å²) in [6, 6.07) is 20.0. The summed E-state index contributed by atoms with van der Waals surface area (Å²) in [6.07, 6.45) is 3.42. The van der Waals surface area contributed by atoms with Crippen molar-refractivity contribution in [1.82, 2.24) is 10.4 Å². The quantitative estimate of drug-likeness (QED) is 0.219. The number of anilines is 1. The molecule has 0 unspecified atom stereocenters. The van der Waals surface area contributed by atoms with Crippen molar-refractivity contribution in [3.63, 3.8) is 0 Å². The van der Waals surface area contributed by atoms with E-state index in [2.05, 4.69) is 40.2 Å². The predicted octanol–water partition coefficient (Wildman–Crippen LogP) is 6.15. The van der Waals surface area contributed by atoms with Gasteiger partial charge in [-0.25, -0.2) is 10.4 Å². The summed E-state index contributed by atoms with van der Waals surface area (Å²) in [7, 11) is 1.62. The Kier molecular flexibility index (Phi) is 5.75. The maximum Gasteiger partial charge on any atom is 0.283 e. The monoisotopic (exact) mass is 510 g/mol. The molecule has 5 aromatic rings. The van der Waals surface area contributed by atoms with Crippen molar-refractivity contribution >= 4 is 50.7 Å². The number of methoxy groups -OCH3 is 1. The Labute approximate surface area is 216 Å². The number of rotatable bonds is 5. The number of hydrogen-bond donors (Lipinski definition) is 2. The SMILES string of the molecule is COc1ccc(/C=N/NC(=O)c2sc3nc4c(c(-c5cccs5)c3c2N)CCc2ccccc2-4)cc1. The zero-order chi connectivity index (χ0) is 24.6. The molecule has 1 aliphatic carbocycles. The van der Waals surface area contributed by atoms with Gasteiger partial charge in [0.15, 0.2) is 0 Å². The number of carbonyl (C=O) groups is 1. The van der Waals surface area contributed by atoms with Gasteiger partial charge in [0, 0.05) is 21.4 Å². The lowest BCUT2D eigenvalue weighted by molar-refractivity contribution is 0.0960. The molecule has 6 rings (SSSR count). The van der Waals surface area contributed by atoms with E-state index in [1.807, 2.05) is 36.4 Å². The molecule has 0 atom stereocenters. The van der Waals surface area contributed by atoms with Gasteiger partial charge in [-0.3, -0.25) is 4.79 Å². The van der Waals surface area contributed by atoms with Gasteiger partial charge >= 0.3 is 0 Å². The highest BCUT2D eigenvalue weighted by molar-refractivity contribution is 7.21.